The molecule has 234 valence electrons. The van der Waals surface area contributed by atoms with Gasteiger partial charge in [0.05, 0.1) is 0 Å². The van der Waals surface area contributed by atoms with Gasteiger partial charge >= 0.3 is 11.9 Å². The Kier molecular flexibility index (Phi) is 9.67. The van der Waals surface area contributed by atoms with Crippen molar-refractivity contribution in [2.45, 2.75) is 154 Å². The van der Waals surface area contributed by atoms with E-state index in [1.54, 1.807) is 11.1 Å². The summed E-state index contributed by atoms with van der Waals surface area (Å²) in [7, 11) is 0. The fourth-order valence-corrected chi connectivity index (χ4v) is 9.40. The van der Waals surface area contributed by atoms with Crippen molar-refractivity contribution in [3.63, 3.8) is 0 Å². The summed E-state index contributed by atoms with van der Waals surface area (Å²) >= 11 is 0. The van der Waals surface area contributed by atoms with E-state index >= 15 is 0 Å². The van der Waals surface area contributed by atoms with Crippen molar-refractivity contribution >= 4 is 11.9 Å². The molecule has 5 aliphatic heterocycles. The van der Waals surface area contributed by atoms with Crippen molar-refractivity contribution < 1.29 is 19.8 Å². The first-order valence-electron chi connectivity index (χ1n) is 16.6. The first kappa shape index (κ1) is 31.4. The third-order valence-electron chi connectivity index (χ3n) is 11.8. The van der Waals surface area contributed by atoms with E-state index in [2.05, 4.69) is 62.8 Å². The zero-order valence-electron chi connectivity index (χ0n) is 26.6. The van der Waals surface area contributed by atoms with Crippen molar-refractivity contribution in [1.29, 1.82) is 0 Å². The monoisotopic (exact) mass is 582 g/mol. The van der Waals surface area contributed by atoms with E-state index in [1.807, 2.05) is 0 Å². The van der Waals surface area contributed by atoms with E-state index in [0.717, 1.165) is 38.5 Å². The van der Waals surface area contributed by atoms with Crippen LogP contribution in [-0.4, -0.2) is 70.5 Å². The minimum absolute atomic E-state index is 0.104. The number of fused-ring (bicyclic) bond motifs is 8. The maximum atomic E-state index is 11.6. The average molecular weight is 583 g/mol. The lowest BCUT2D eigenvalue weighted by molar-refractivity contribution is -0.138. The lowest BCUT2D eigenvalue weighted by Gasteiger charge is -2.28. The summed E-state index contributed by atoms with van der Waals surface area (Å²) in [5, 5.41) is 35.2. The summed E-state index contributed by atoms with van der Waals surface area (Å²) in [6.45, 7) is 13.7. The van der Waals surface area contributed by atoms with Crippen molar-refractivity contribution in [2.75, 3.05) is 0 Å². The van der Waals surface area contributed by atoms with Crippen LogP contribution in [0.15, 0.2) is 33.4 Å². The molecule has 6 N–H and O–H groups in total. The highest BCUT2D eigenvalue weighted by atomic mass is 16.4. The summed E-state index contributed by atoms with van der Waals surface area (Å²) in [5.74, 6) is -0.855. The summed E-state index contributed by atoms with van der Waals surface area (Å²) in [6.07, 6.45) is 7.55. The molecule has 0 aromatic rings. The molecule has 8 nitrogen and oxygen atoms in total. The van der Waals surface area contributed by atoms with E-state index in [-0.39, 0.29) is 36.9 Å². The van der Waals surface area contributed by atoms with E-state index in [0.29, 0.717) is 49.0 Å². The topological polar surface area (TPSA) is 123 Å². The fraction of sp³-hybridized carbons (Fsp3) is 0.765. The number of aliphatic carboxylic acids is 2. The molecule has 10 unspecified atom stereocenters. The predicted molar refractivity (Wildman–Crippen MR) is 166 cm³/mol. The first-order chi connectivity index (χ1) is 20.0. The quantitative estimate of drug-likeness (QED) is 0.228. The Balaban J connectivity index is 1.50. The van der Waals surface area contributed by atoms with Crippen molar-refractivity contribution in [1.82, 2.24) is 21.3 Å². The van der Waals surface area contributed by atoms with Gasteiger partial charge in [0.15, 0.2) is 0 Å². The Bertz CT molecular complexity index is 1160. The summed E-state index contributed by atoms with van der Waals surface area (Å²) < 4.78 is 0. The molecular weight excluding hydrogens is 528 g/mol. The molecule has 5 rings (SSSR count). The van der Waals surface area contributed by atoms with Crippen LogP contribution in [0.4, 0.5) is 0 Å². The van der Waals surface area contributed by atoms with Crippen LogP contribution >= 0.6 is 0 Å². The molecule has 42 heavy (non-hydrogen) atoms. The maximum Gasteiger partial charge on any atom is 0.303 e. The molecule has 0 aromatic heterocycles. The van der Waals surface area contributed by atoms with Gasteiger partial charge in [0.1, 0.15) is 0 Å². The van der Waals surface area contributed by atoms with E-state index in [4.69, 9.17) is 0 Å². The number of hydrogen-bond acceptors (Lipinski definition) is 6. The molecule has 0 amide bonds. The Morgan fingerprint density at radius 2 is 1.10 bits per heavy atom. The SMILES string of the molecule is CCC1=C(C)C2CC3NC(CC4NC(CC5NC(CC1N2)C(C)=C5CC)C(C)C4CCC(=O)O)C(CCC(=O)O)=C3C. The second kappa shape index (κ2) is 12.9. The van der Waals surface area contributed by atoms with Crippen molar-refractivity contribution in [2.24, 2.45) is 11.8 Å². The van der Waals surface area contributed by atoms with E-state index in [9.17, 15) is 19.8 Å². The maximum absolute atomic E-state index is 11.6. The van der Waals surface area contributed by atoms with E-state index in [1.165, 1.54) is 22.3 Å². The fourth-order valence-electron chi connectivity index (χ4n) is 9.40. The Morgan fingerprint density at radius 1 is 0.643 bits per heavy atom. The smallest absolute Gasteiger partial charge is 0.303 e. The highest BCUT2D eigenvalue weighted by Crippen LogP contribution is 2.41. The molecule has 0 radical (unpaired) electrons. The molecule has 0 aromatic carbocycles. The van der Waals surface area contributed by atoms with Crippen molar-refractivity contribution in [3.05, 3.63) is 33.4 Å². The number of hydrogen-bond donors (Lipinski definition) is 6. The molecule has 2 saturated heterocycles. The lowest BCUT2D eigenvalue weighted by Crippen LogP contribution is -2.46. The van der Waals surface area contributed by atoms with Gasteiger partial charge in [-0.3, -0.25) is 9.59 Å². The second-order valence-electron chi connectivity index (χ2n) is 13.8. The van der Waals surface area contributed by atoms with Crippen LogP contribution < -0.4 is 21.3 Å². The van der Waals surface area contributed by atoms with Gasteiger partial charge in [-0.2, -0.15) is 0 Å². The standard InChI is InChI=1S/C34H54N4O4/c1-7-21-17(3)25-13-26-19(5)23(9-11-33(39)40)31(37-26)16-32-24(10-12-34(41)42)20(6)28(38-32)15-30-22(8-2)18(4)27(36-30)14-29(21)35-25/h20,24-32,35-38H,7-16H2,1-6H3,(H,39,40)(H,41,42). The van der Waals surface area contributed by atoms with Gasteiger partial charge in [0.2, 0.25) is 0 Å². The van der Waals surface area contributed by atoms with Gasteiger partial charge in [-0.15, -0.1) is 0 Å². The molecule has 8 bridgehead atoms. The van der Waals surface area contributed by atoms with Crippen LogP contribution in [-0.2, 0) is 9.59 Å². The van der Waals surface area contributed by atoms with Gasteiger partial charge in [0, 0.05) is 61.2 Å². The highest BCUT2D eigenvalue weighted by molar-refractivity contribution is 5.67. The number of rotatable bonds is 8. The third-order valence-corrected chi connectivity index (χ3v) is 11.8. The van der Waals surface area contributed by atoms with Gasteiger partial charge in [0.25, 0.3) is 0 Å². The molecule has 10 atom stereocenters. The van der Waals surface area contributed by atoms with Crippen LogP contribution in [0.1, 0.15) is 106 Å². The third kappa shape index (κ3) is 6.15. The van der Waals surface area contributed by atoms with Crippen LogP contribution in [0.25, 0.3) is 0 Å². The van der Waals surface area contributed by atoms with E-state index < -0.39 is 11.9 Å². The molecule has 5 aliphatic rings. The van der Waals surface area contributed by atoms with Crippen LogP contribution in [0.2, 0.25) is 0 Å². The highest BCUT2D eigenvalue weighted by Gasteiger charge is 2.46. The van der Waals surface area contributed by atoms with Crippen LogP contribution in [0.3, 0.4) is 0 Å². The second-order valence-corrected chi connectivity index (χ2v) is 13.8. The number of carbonyl (C=O) groups is 2. The molecular formula is C34H54N4O4. The number of carboxylic acid groups (broad SMARTS) is 2. The molecule has 0 spiro atoms. The zero-order chi connectivity index (χ0) is 30.3. The van der Waals surface area contributed by atoms with Gasteiger partial charge in [-0.25, -0.2) is 0 Å². The van der Waals surface area contributed by atoms with Gasteiger partial charge < -0.3 is 31.5 Å². The number of nitrogens with one attached hydrogen (secondary N) is 4. The molecule has 0 saturated carbocycles. The average Bonchev–Trinajstić information content (AvgIpc) is 3.59. The van der Waals surface area contributed by atoms with Crippen LogP contribution in [0.5, 0.6) is 0 Å². The summed E-state index contributed by atoms with van der Waals surface area (Å²) in [5.41, 5.74) is 8.65. The Morgan fingerprint density at radius 3 is 1.62 bits per heavy atom. The van der Waals surface area contributed by atoms with Gasteiger partial charge in [-0.1, -0.05) is 54.2 Å². The number of carboxylic acids is 2. The summed E-state index contributed by atoms with van der Waals surface area (Å²) in [4.78, 5) is 23.3. The zero-order valence-corrected chi connectivity index (χ0v) is 26.6. The minimum atomic E-state index is -0.757. The van der Waals surface area contributed by atoms with Crippen LogP contribution in [0, 0.1) is 11.8 Å². The largest absolute Gasteiger partial charge is 0.481 e. The molecule has 8 heteroatoms. The Labute approximate surface area is 252 Å². The van der Waals surface area contributed by atoms with Gasteiger partial charge in [-0.05, 0) is 84.0 Å². The Hall–Kier alpha value is -2.00. The minimum Gasteiger partial charge on any atom is -0.481 e. The predicted octanol–water partition coefficient (Wildman–Crippen LogP) is 4.67. The molecule has 0 aliphatic carbocycles. The lowest BCUT2D eigenvalue weighted by atomic mass is 9.80. The summed E-state index contributed by atoms with van der Waals surface area (Å²) in [6, 6.07) is 2.15. The molecule has 2 fully saturated rings. The molecule has 5 heterocycles. The normalized spacial score (nSPS) is 38.6. The van der Waals surface area contributed by atoms with Crippen molar-refractivity contribution in [3.8, 4) is 0 Å². The first-order valence-corrected chi connectivity index (χ1v) is 16.6.